The molecule has 2 aromatic carbocycles. The van der Waals surface area contributed by atoms with Gasteiger partial charge in [-0.05, 0) is 24.3 Å². The quantitative estimate of drug-likeness (QED) is 0.431. The summed E-state index contributed by atoms with van der Waals surface area (Å²) in [7, 11) is 0. The maximum Gasteiger partial charge on any atom is 0.274 e. The Morgan fingerprint density at radius 1 is 0.810 bits per heavy atom. The van der Waals surface area contributed by atoms with Crippen LogP contribution in [-0.2, 0) is 0 Å². The van der Waals surface area contributed by atoms with Crippen LogP contribution in [0.5, 0.6) is 0 Å². The number of rotatable bonds is 2. The summed E-state index contributed by atoms with van der Waals surface area (Å²) >= 11 is 1.42. The van der Waals surface area contributed by atoms with Gasteiger partial charge in [0.05, 0.1) is 0 Å². The number of benzene rings is 2. The second-order valence-corrected chi connectivity index (χ2v) is 5.49. The molecular weight excluding hydrogens is 292 g/mol. The van der Waals surface area contributed by atoms with E-state index in [0.29, 0.717) is 11.1 Å². The molecular formula is C14H10N2O4S. The maximum absolute atomic E-state index is 11.4. The molecule has 0 unspecified atom stereocenters. The van der Waals surface area contributed by atoms with E-state index in [1.165, 1.54) is 11.3 Å². The van der Waals surface area contributed by atoms with Crippen molar-refractivity contribution in [2.45, 2.75) is 0 Å². The third kappa shape index (κ3) is 2.23. The van der Waals surface area contributed by atoms with E-state index >= 15 is 0 Å². The summed E-state index contributed by atoms with van der Waals surface area (Å²) in [5.74, 6) is -1.15. The molecule has 0 saturated heterocycles. The lowest BCUT2D eigenvalue weighted by molar-refractivity contribution is 0.0702. The molecule has 3 aromatic rings. The monoisotopic (exact) mass is 302 g/mol. The molecule has 0 aliphatic carbocycles. The van der Waals surface area contributed by atoms with E-state index in [-0.39, 0.29) is 0 Å². The average molecular weight is 302 g/mol. The van der Waals surface area contributed by atoms with Crippen molar-refractivity contribution < 1.29 is 20.0 Å². The molecule has 1 aromatic heterocycles. The Kier molecular flexibility index (Phi) is 3.30. The highest BCUT2D eigenvalue weighted by molar-refractivity contribution is 7.25. The molecule has 0 aliphatic rings. The predicted molar refractivity (Wildman–Crippen MR) is 77.8 cm³/mol. The Balaban J connectivity index is 2.19. The van der Waals surface area contributed by atoms with E-state index in [1.54, 1.807) is 47.4 Å². The number of carbonyl (C=O) groups is 2. The lowest BCUT2D eigenvalue weighted by atomic mass is 10.1. The normalized spacial score (nSPS) is 10.8. The Labute approximate surface area is 122 Å². The van der Waals surface area contributed by atoms with Crippen molar-refractivity contribution in [1.82, 2.24) is 11.0 Å². The van der Waals surface area contributed by atoms with E-state index in [0.717, 1.165) is 20.2 Å². The molecule has 0 saturated carbocycles. The minimum atomic E-state index is -0.574. The molecule has 2 amide bonds. The number of carbonyl (C=O) groups excluding carboxylic acids is 2. The fourth-order valence-corrected chi connectivity index (χ4v) is 3.37. The zero-order valence-corrected chi connectivity index (χ0v) is 11.4. The second-order valence-electron chi connectivity index (χ2n) is 4.41. The smallest absolute Gasteiger partial charge is 0.274 e. The van der Waals surface area contributed by atoms with Gasteiger partial charge in [-0.1, -0.05) is 12.1 Å². The summed E-state index contributed by atoms with van der Waals surface area (Å²) in [6.07, 6.45) is 0. The molecule has 0 radical (unpaired) electrons. The van der Waals surface area contributed by atoms with Crippen molar-refractivity contribution >= 4 is 43.3 Å². The maximum atomic E-state index is 11.4. The van der Waals surface area contributed by atoms with Gasteiger partial charge in [0, 0.05) is 31.3 Å². The van der Waals surface area contributed by atoms with Gasteiger partial charge in [0.25, 0.3) is 11.8 Å². The molecule has 0 spiro atoms. The molecule has 0 fully saturated rings. The zero-order valence-electron chi connectivity index (χ0n) is 10.6. The minimum Gasteiger partial charge on any atom is -0.288 e. The Bertz CT molecular complexity index is 802. The zero-order chi connectivity index (χ0) is 15.0. The Morgan fingerprint density at radius 2 is 1.24 bits per heavy atom. The van der Waals surface area contributed by atoms with Gasteiger partial charge in [0.1, 0.15) is 0 Å². The van der Waals surface area contributed by atoms with Crippen LogP contribution in [0, 0.1) is 0 Å². The summed E-state index contributed by atoms with van der Waals surface area (Å²) < 4.78 is 1.74. The first kappa shape index (κ1) is 13.5. The summed E-state index contributed by atoms with van der Waals surface area (Å²) in [5.41, 5.74) is 3.90. The molecule has 106 valence electrons. The summed E-state index contributed by atoms with van der Waals surface area (Å²) in [4.78, 5) is 22.8. The fraction of sp³-hybridized carbons (Fsp3) is 0. The number of fused-ring (bicyclic) bond motifs is 3. The molecule has 4 N–H and O–H groups in total. The highest BCUT2D eigenvalue weighted by Gasteiger charge is 2.11. The van der Waals surface area contributed by atoms with Crippen molar-refractivity contribution in [2.75, 3.05) is 0 Å². The second kappa shape index (κ2) is 5.13. The van der Waals surface area contributed by atoms with Gasteiger partial charge in [-0.25, -0.2) is 11.0 Å². The van der Waals surface area contributed by atoms with E-state index in [2.05, 4.69) is 0 Å². The van der Waals surface area contributed by atoms with Crippen LogP contribution in [0.4, 0.5) is 0 Å². The summed E-state index contributed by atoms with van der Waals surface area (Å²) in [6.45, 7) is 0. The molecule has 7 heteroatoms. The summed E-state index contributed by atoms with van der Waals surface area (Å²) in [5, 5.41) is 19.2. The van der Waals surface area contributed by atoms with Crippen molar-refractivity contribution in [1.29, 1.82) is 0 Å². The molecule has 6 nitrogen and oxygen atoms in total. The fourth-order valence-electron chi connectivity index (χ4n) is 2.19. The topological polar surface area (TPSA) is 98.7 Å². The van der Waals surface area contributed by atoms with E-state index < -0.39 is 11.8 Å². The van der Waals surface area contributed by atoms with Gasteiger partial charge in [0.2, 0.25) is 0 Å². The Morgan fingerprint density at radius 3 is 1.62 bits per heavy atom. The molecule has 1 heterocycles. The van der Waals surface area contributed by atoms with Crippen molar-refractivity contribution in [3.05, 3.63) is 47.5 Å². The van der Waals surface area contributed by atoms with Crippen molar-refractivity contribution in [3.8, 4) is 0 Å². The van der Waals surface area contributed by atoms with E-state index in [1.807, 2.05) is 0 Å². The predicted octanol–water partition coefficient (Wildman–Crippen LogP) is 2.29. The number of amides is 2. The van der Waals surface area contributed by atoms with Crippen LogP contribution in [0.15, 0.2) is 36.4 Å². The van der Waals surface area contributed by atoms with Crippen LogP contribution in [-0.4, -0.2) is 22.2 Å². The van der Waals surface area contributed by atoms with Gasteiger partial charge in [-0.3, -0.25) is 20.0 Å². The lowest BCUT2D eigenvalue weighted by Crippen LogP contribution is -2.18. The van der Waals surface area contributed by atoms with Crippen molar-refractivity contribution in [2.24, 2.45) is 0 Å². The number of thiophene rings is 1. The molecule has 0 atom stereocenters. The van der Waals surface area contributed by atoms with Gasteiger partial charge < -0.3 is 0 Å². The first-order valence-corrected chi connectivity index (χ1v) is 6.81. The molecule has 3 rings (SSSR count). The van der Waals surface area contributed by atoms with E-state index in [4.69, 9.17) is 10.4 Å². The SMILES string of the molecule is O=C(NO)c1ccc2c(c1)sc1cc(C(=O)NO)ccc12. The molecule has 0 aliphatic heterocycles. The summed E-state index contributed by atoms with van der Waals surface area (Å²) in [6, 6.07) is 10.2. The minimum absolute atomic E-state index is 0.352. The van der Waals surface area contributed by atoms with Crippen LogP contribution in [0.2, 0.25) is 0 Å². The van der Waals surface area contributed by atoms with Crippen LogP contribution in [0.1, 0.15) is 20.7 Å². The number of hydroxylamine groups is 2. The van der Waals surface area contributed by atoms with Crippen LogP contribution in [0.25, 0.3) is 20.2 Å². The van der Waals surface area contributed by atoms with Gasteiger partial charge in [0.15, 0.2) is 0 Å². The number of nitrogens with one attached hydrogen (secondary N) is 2. The third-order valence-corrected chi connectivity index (χ3v) is 4.32. The Hall–Kier alpha value is -2.48. The molecule has 0 bridgehead atoms. The van der Waals surface area contributed by atoms with E-state index in [9.17, 15) is 9.59 Å². The number of hydrogen-bond donors (Lipinski definition) is 4. The average Bonchev–Trinajstić information content (AvgIpc) is 2.89. The highest BCUT2D eigenvalue weighted by Crippen LogP contribution is 2.34. The van der Waals surface area contributed by atoms with Crippen molar-refractivity contribution in [3.63, 3.8) is 0 Å². The van der Waals surface area contributed by atoms with Gasteiger partial charge >= 0.3 is 0 Å². The standard InChI is InChI=1S/C14H10N2O4S/c17-13(15-19)7-1-3-9-10-4-2-8(14(18)16-20)6-12(10)21-11(9)5-7/h1-6,19-20H,(H,15,17)(H,16,18). The van der Waals surface area contributed by atoms with Gasteiger partial charge in [-0.2, -0.15) is 0 Å². The van der Waals surface area contributed by atoms with Crippen LogP contribution >= 0.6 is 11.3 Å². The number of hydrogen-bond acceptors (Lipinski definition) is 5. The largest absolute Gasteiger partial charge is 0.288 e. The van der Waals surface area contributed by atoms with Gasteiger partial charge in [-0.15, -0.1) is 11.3 Å². The molecule has 21 heavy (non-hydrogen) atoms. The first-order chi connectivity index (χ1) is 10.1. The van der Waals surface area contributed by atoms with Crippen LogP contribution < -0.4 is 11.0 Å². The third-order valence-electron chi connectivity index (χ3n) is 3.20. The van der Waals surface area contributed by atoms with Crippen LogP contribution in [0.3, 0.4) is 0 Å². The highest BCUT2D eigenvalue weighted by atomic mass is 32.1. The lowest BCUT2D eigenvalue weighted by Gasteiger charge is -1.99. The first-order valence-electron chi connectivity index (χ1n) is 5.99.